The molecule has 66 heavy (non-hydrogen) atoms. The molecule has 0 saturated carbocycles. The summed E-state index contributed by atoms with van der Waals surface area (Å²) in [5.74, 6) is -2.03. The largest absolute Gasteiger partial charge is 0.394 e. The van der Waals surface area contributed by atoms with Crippen LogP contribution in [0.25, 0.3) is 0 Å². The average Bonchev–Trinajstić information content (AvgIpc) is 3.32. The van der Waals surface area contributed by atoms with Crippen LogP contribution < -0.4 is 16.0 Å². The molecule has 0 aliphatic carbocycles. The van der Waals surface area contributed by atoms with Gasteiger partial charge in [-0.25, -0.2) is 0 Å². The van der Waals surface area contributed by atoms with Crippen LogP contribution in [0.3, 0.4) is 0 Å². The Morgan fingerprint density at radius 3 is 0.894 bits per heavy atom. The Kier molecular flexibility index (Phi) is 23.8. The van der Waals surface area contributed by atoms with Gasteiger partial charge in [0.1, 0.15) is 73.2 Å². The van der Waals surface area contributed by atoms with Gasteiger partial charge < -0.3 is 120 Å². The molecule has 1 aromatic rings. The van der Waals surface area contributed by atoms with E-state index in [1.807, 2.05) is 0 Å². The fraction of sp³-hybridized carbons (Fsp3) is 0.769. The Labute approximate surface area is 377 Å². The SMILES string of the molecule is O=C(NCCOCCO[C@@H]1O[C@H](CO)[C@H](O)[C@H](O)[C@H]1O)c1cc(C(=O)NCCOCCO[C@@H]2O[C@H](CO)[C@H](O)[C@H](O)[C@H]2O)cc(C(=O)NCCOCCO[C@@H]2O[C@H](CO)[C@H](O)[C@H](O)[C@H]2O)c1. The first kappa shape index (κ1) is 55.4. The maximum absolute atomic E-state index is 13.2. The molecule has 27 nitrogen and oxygen atoms in total. The normalized spacial score (nSPS) is 32.5. The van der Waals surface area contributed by atoms with Crippen LogP contribution in [-0.2, 0) is 42.6 Å². The van der Waals surface area contributed by atoms with Gasteiger partial charge in [0.15, 0.2) is 18.9 Å². The lowest BCUT2D eigenvalue weighted by Gasteiger charge is -2.39. The van der Waals surface area contributed by atoms with E-state index in [9.17, 15) is 75.7 Å². The zero-order chi connectivity index (χ0) is 48.3. The quantitative estimate of drug-likeness (QED) is 0.0364. The number of rotatable bonds is 27. The van der Waals surface area contributed by atoms with Crippen molar-refractivity contribution in [3.63, 3.8) is 0 Å². The Morgan fingerprint density at radius 2 is 0.652 bits per heavy atom. The van der Waals surface area contributed by atoms with E-state index >= 15 is 0 Å². The van der Waals surface area contributed by atoms with Crippen LogP contribution in [0.1, 0.15) is 31.1 Å². The highest BCUT2D eigenvalue weighted by molar-refractivity contribution is 6.04. The molecule has 3 amide bonds. The van der Waals surface area contributed by atoms with Gasteiger partial charge in [0.25, 0.3) is 17.7 Å². The fourth-order valence-electron chi connectivity index (χ4n) is 6.63. The first-order chi connectivity index (χ1) is 31.6. The van der Waals surface area contributed by atoms with Gasteiger partial charge in [-0.2, -0.15) is 0 Å². The van der Waals surface area contributed by atoms with Crippen molar-refractivity contribution in [2.24, 2.45) is 0 Å². The minimum absolute atomic E-state index is 0.0293. The lowest BCUT2D eigenvalue weighted by atomic mass is 9.99. The van der Waals surface area contributed by atoms with E-state index in [-0.39, 0.29) is 95.8 Å². The smallest absolute Gasteiger partial charge is 0.251 e. The number of aliphatic hydroxyl groups is 12. The monoisotopic (exact) mass is 957 g/mol. The topological polar surface area (TPSA) is 413 Å². The van der Waals surface area contributed by atoms with Gasteiger partial charge in [-0.05, 0) is 18.2 Å². The molecule has 378 valence electrons. The summed E-state index contributed by atoms with van der Waals surface area (Å²) in [5.41, 5.74) is -0.203. The summed E-state index contributed by atoms with van der Waals surface area (Å²) < 4.78 is 48.2. The summed E-state index contributed by atoms with van der Waals surface area (Å²) in [6.07, 6.45) is -21.7. The van der Waals surface area contributed by atoms with Gasteiger partial charge in [0, 0.05) is 36.3 Å². The number of aliphatic hydroxyl groups excluding tert-OH is 12. The summed E-state index contributed by atoms with van der Waals surface area (Å²) in [7, 11) is 0. The average molecular weight is 958 g/mol. The number of amides is 3. The molecule has 3 heterocycles. The van der Waals surface area contributed by atoms with Crippen molar-refractivity contribution < 1.29 is 118 Å². The molecule has 3 aliphatic heterocycles. The molecule has 3 aliphatic rings. The molecule has 0 aromatic heterocycles. The molecule has 0 unspecified atom stereocenters. The minimum Gasteiger partial charge on any atom is -0.394 e. The Bertz CT molecular complexity index is 1420. The number of hydrogen-bond acceptors (Lipinski definition) is 24. The van der Waals surface area contributed by atoms with Gasteiger partial charge in [-0.1, -0.05) is 0 Å². The van der Waals surface area contributed by atoms with Crippen molar-refractivity contribution in [1.82, 2.24) is 16.0 Å². The van der Waals surface area contributed by atoms with E-state index in [1.54, 1.807) is 0 Å². The van der Waals surface area contributed by atoms with Crippen LogP contribution in [0, 0.1) is 0 Å². The van der Waals surface area contributed by atoms with Gasteiger partial charge in [-0.15, -0.1) is 0 Å². The lowest BCUT2D eigenvalue weighted by molar-refractivity contribution is -0.302. The van der Waals surface area contributed by atoms with Crippen molar-refractivity contribution in [2.75, 3.05) is 98.9 Å². The number of hydrogen-bond donors (Lipinski definition) is 15. The number of nitrogens with one attached hydrogen (secondary N) is 3. The third kappa shape index (κ3) is 15.9. The second kappa shape index (κ2) is 28.3. The predicted octanol–water partition coefficient (Wildman–Crippen LogP) is -8.62. The number of ether oxygens (including phenoxy) is 9. The summed E-state index contributed by atoms with van der Waals surface area (Å²) in [5, 5.41) is 125. The molecular weight excluding hydrogens is 894 g/mol. The zero-order valence-electron chi connectivity index (χ0n) is 35.8. The maximum Gasteiger partial charge on any atom is 0.251 e. The van der Waals surface area contributed by atoms with Crippen molar-refractivity contribution in [3.8, 4) is 0 Å². The highest BCUT2D eigenvalue weighted by atomic mass is 16.7. The van der Waals surface area contributed by atoms with E-state index in [2.05, 4.69) is 16.0 Å². The number of benzene rings is 1. The van der Waals surface area contributed by atoms with Crippen LogP contribution in [0.2, 0.25) is 0 Å². The highest BCUT2D eigenvalue weighted by Crippen LogP contribution is 2.24. The number of carbonyl (C=O) groups is 3. The van der Waals surface area contributed by atoms with Gasteiger partial charge in [0.05, 0.1) is 79.3 Å². The molecule has 27 heteroatoms. The van der Waals surface area contributed by atoms with Crippen molar-refractivity contribution in [1.29, 1.82) is 0 Å². The van der Waals surface area contributed by atoms with E-state index in [0.29, 0.717) is 0 Å². The molecule has 0 spiro atoms. The van der Waals surface area contributed by atoms with E-state index in [4.69, 9.17) is 42.6 Å². The van der Waals surface area contributed by atoms with E-state index < -0.39 is 130 Å². The third-order valence-electron chi connectivity index (χ3n) is 10.4. The molecule has 0 radical (unpaired) electrons. The zero-order valence-corrected chi connectivity index (χ0v) is 35.8. The Balaban J connectivity index is 1.24. The van der Waals surface area contributed by atoms with Gasteiger partial charge in [-0.3, -0.25) is 14.4 Å². The molecule has 15 atom stereocenters. The Hall–Kier alpha value is -3.21. The standard InChI is InChI=1S/C39H63N3O24/c43-16-22-25(46)28(49)31(52)37(64-22)61-10-7-58-4-1-40-34(55)19-13-20(35(56)41-2-5-59-8-11-62-38-32(53)29(50)26(47)23(17-44)65-38)15-21(14-19)36(57)42-3-6-60-9-12-63-39-33(54)30(51)27(48)24(18-45)66-39/h13-15,22-33,37-39,43-54H,1-12,16-18H2,(H,40,55)(H,41,56)(H,42,57)/t22-,23-,24-,25+,26+,27+,28+,29+,30+,31-,32-,33-,37-,38-,39-/m1/s1. The van der Waals surface area contributed by atoms with Crippen LogP contribution in [0.4, 0.5) is 0 Å². The maximum atomic E-state index is 13.2. The Morgan fingerprint density at radius 1 is 0.394 bits per heavy atom. The van der Waals surface area contributed by atoms with Crippen LogP contribution in [-0.4, -0.2) is 270 Å². The molecule has 15 N–H and O–H groups in total. The molecule has 3 fully saturated rings. The van der Waals surface area contributed by atoms with Gasteiger partial charge in [0.2, 0.25) is 0 Å². The molecule has 4 rings (SSSR count). The summed E-state index contributed by atoms with van der Waals surface area (Å²) in [6.45, 7) is -2.60. The van der Waals surface area contributed by atoms with E-state index in [1.165, 1.54) is 18.2 Å². The third-order valence-corrected chi connectivity index (χ3v) is 10.4. The fourth-order valence-corrected chi connectivity index (χ4v) is 6.63. The molecule has 3 saturated heterocycles. The summed E-state index contributed by atoms with van der Waals surface area (Å²) >= 11 is 0. The van der Waals surface area contributed by atoms with Crippen molar-refractivity contribution in [2.45, 2.75) is 92.1 Å². The van der Waals surface area contributed by atoms with Crippen molar-refractivity contribution >= 4 is 17.7 Å². The summed E-state index contributed by atoms with van der Waals surface area (Å²) in [4.78, 5) is 39.7. The lowest BCUT2D eigenvalue weighted by Crippen LogP contribution is -2.59. The van der Waals surface area contributed by atoms with E-state index in [0.717, 1.165) is 0 Å². The predicted molar refractivity (Wildman–Crippen MR) is 215 cm³/mol. The minimum atomic E-state index is -1.61. The summed E-state index contributed by atoms with van der Waals surface area (Å²) in [6, 6.07) is 3.76. The number of carbonyl (C=O) groups excluding carboxylic acids is 3. The molecular formula is C39H63N3O24. The molecule has 1 aromatic carbocycles. The van der Waals surface area contributed by atoms with Crippen molar-refractivity contribution in [3.05, 3.63) is 34.9 Å². The molecule has 0 bridgehead atoms. The van der Waals surface area contributed by atoms with Crippen LogP contribution in [0.5, 0.6) is 0 Å². The first-order valence-corrected chi connectivity index (χ1v) is 21.1. The van der Waals surface area contributed by atoms with Gasteiger partial charge >= 0.3 is 0 Å². The van der Waals surface area contributed by atoms with Crippen LogP contribution in [0.15, 0.2) is 18.2 Å². The second-order valence-electron chi connectivity index (χ2n) is 15.1. The second-order valence-corrected chi connectivity index (χ2v) is 15.1. The van der Waals surface area contributed by atoms with Crippen LogP contribution >= 0.6 is 0 Å². The highest BCUT2D eigenvalue weighted by Gasteiger charge is 2.46. The first-order valence-electron chi connectivity index (χ1n) is 21.1.